The van der Waals surface area contributed by atoms with E-state index in [0.29, 0.717) is 6.61 Å². The Morgan fingerprint density at radius 2 is 1.68 bits per heavy atom. The fraction of sp³-hybridized carbons (Fsp3) is 0.300. The first-order valence-corrected chi connectivity index (χ1v) is 8.28. The number of hydrogen-bond acceptors (Lipinski definition) is 1. The molecule has 2 aromatic carbocycles. The van der Waals surface area contributed by atoms with Gasteiger partial charge in [0, 0.05) is 5.56 Å². The fourth-order valence-electron chi connectivity index (χ4n) is 2.03. The van der Waals surface area contributed by atoms with E-state index in [9.17, 15) is 0 Å². The molecule has 0 heterocycles. The number of rotatable bonds is 7. The molecule has 0 aliphatic carbocycles. The van der Waals surface area contributed by atoms with Gasteiger partial charge in [0.05, 0.1) is 12.0 Å². The van der Waals surface area contributed by atoms with Gasteiger partial charge in [-0.25, -0.2) is 0 Å². The smallest absolute Gasteiger partial charge is 0.124 e. The Bertz CT molecular complexity index is 536. The molecule has 0 amide bonds. The van der Waals surface area contributed by atoms with E-state index in [1.54, 1.807) is 0 Å². The zero-order valence-corrected chi connectivity index (χ0v) is 14.2. The van der Waals surface area contributed by atoms with Crippen molar-refractivity contribution in [3.05, 3.63) is 78.4 Å². The number of hydrogen-bond donors (Lipinski definition) is 0. The van der Waals surface area contributed by atoms with E-state index in [2.05, 4.69) is 6.58 Å². The van der Waals surface area contributed by atoms with Crippen molar-refractivity contribution in [3.63, 3.8) is 0 Å². The van der Waals surface area contributed by atoms with E-state index < -0.39 is 0 Å². The molecule has 0 spiro atoms. The maximum atomic E-state index is 6.58. The SMILES string of the molecule is C=CCCCOc1ccccc1C(Cl)c1ccccc1.CC. The second kappa shape index (κ2) is 10.9. The van der Waals surface area contributed by atoms with Gasteiger partial charge in [-0.2, -0.15) is 0 Å². The molecule has 0 aliphatic rings. The van der Waals surface area contributed by atoms with Crippen LogP contribution in [0, 0.1) is 0 Å². The lowest BCUT2D eigenvalue weighted by atomic mass is 10.0. The van der Waals surface area contributed by atoms with Crippen LogP contribution in [0.3, 0.4) is 0 Å². The molecule has 1 unspecified atom stereocenters. The number of allylic oxidation sites excluding steroid dienone is 1. The van der Waals surface area contributed by atoms with Gasteiger partial charge in [-0.05, 0) is 24.5 Å². The fourth-order valence-corrected chi connectivity index (χ4v) is 2.36. The van der Waals surface area contributed by atoms with E-state index in [4.69, 9.17) is 16.3 Å². The summed E-state index contributed by atoms with van der Waals surface area (Å²) in [6, 6.07) is 18.0. The number of ether oxygens (including phenoxy) is 1. The molecule has 0 N–H and O–H groups in total. The van der Waals surface area contributed by atoms with Crippen molar-refractivity contribution in [2.24, 2.45) is 0 Å². The van der Waals surface area contributed by atoms with E-state index in [1.165, 1.54) is 0 Å². The van der Waals surface area contributed by atoms with Gasteiger partial charge in [-0.15, -0.1) is 18.2 Å². The lowest BCUT2D eigenvalue weighted by molar-refractivity contribution is 0.309. The highest BCUT2D eigenvalue weighted by Gasteiger charge is 2.14. The minimum atomic E-state index is -0.188. The molecule has 2 rings (SSSR count). The number of alkyl halides is 1. The van der Waals surface area contributed by atoms with Crippen molar-refractivity contribution >= 4 is 11.6 Å². The molecule has 0 aromatic heterocycles. The van der Waals surface area contributed by atoms with Gasteiger partial charge in [0.25, 0.3) is 0 Å². The number of benzene rings is 2. The first-order valence-electron chi connectivity index (χ1n) is 7.84. The van der Waals surface area contributed by atoms with Gasteiger partial charge in [0.1, 0.15) is 5.75 Å². The average molecular weight is 317 g/mol. The van der Waals surface area contributed by atoms with Gasteiger partial charge in [0.2, 0.25) is 0 Å². The third-order valence-corrected chi connectivity index (χ3v) is 3.58. The Hall–Kier alpha value is -1.73. The largest absolute Gasteiger partial charge is 0.493 e. The van der Waals surface area contributed by atoms with Crippen molar-refractivity contribution < 1.29 is 4.74 Å². The first kappa shape index (κ1) is 18.3. The predicted octanol–water partition coefficient (Wildman–Crippen LogP) is 6.39. The van der Waals surface area contributed by atoms with Gasteiger partial charge in [-0.1, -0.05) is 68.5 Å². The summed E-state index contributed by atoms with van der Waals surface area (Å²) in [5.41, 5.74) is 2.09. The maximum Gasteiger partial charge on any atom is 0.124 e. The van der Waals surface area contributed by atoms with Crippen LogP contribution in [0.2, 0.25) is 0 Å². The third-order valence-electron chi connectivity index (χ3n) is 3.09. The molecule has 0 saturated carbocycles. The highest BCUT2D eigenvalue weighted by Crippen LogP contribution is 2.34. The predicted molar refractivity (Wildman–Crippen MR) is 96.9 cm³/mol. The molecule has 22 heavy (non-hydrogen) atoms. The normalized spacial score (nSPS) is 11.0. The topological polar surface area (TPSA) is 9.23 Å². The molecule has 118 valence electrons. The minimum Gasteiger partial charge on any atom is -0.493 e. The number of halogens is 1. The zero-order chi connectivity index (χ0) is 16.2. The number of para-hydroxylation sites is 1. The van der Waals surface area contributed by atoms with Crippen molar-refractivity contribution in [2.75, 3.05) is 6.61 Å². The molecule has 0 saturated heterocycles. The van der Waals surface area contributed by atoms with E-state index >= 15 is 0 Å². The van der Waals surface area contributed by atoms with Gasteiger partial charge < -0.3 is 4.74 Å². The van der Waals surface area contributed by atoms with Crippen LogP contribution in [-0.4, -0.2) is 6.61 Å². The van der Waals surface area contributed by atoms with Crippen molar-refractivity contribution in [3.8, 4) is 5.75 Å². The number of unbranched alkanes of at least 4 members (excludes halogenated alkanes) is 1. The lowest BCUT2D eigenvalue weighted by Crippen LogP contribution is -2.02. The van der Waals surface area contributed by atoms with Crippen LogP contribution in [-0.2, 0) is 0 Å². The van der Waals surface area contributed by atoms with E-state index in [0.717, 1.165) is 29.7 Å². The molecule has 1 atom stereocenters. The standard InChI is InChI=1S/C18H19ClO.C2H6/c1-2-3-9-14-20-17-13-8-7-12-16(17)18(19)15-10-5-4-6-11-15;1-2/h2,4-8,10-13,18H,1,3,9,14H2;1-2H3. The molecule has 0 bridgehead atoms. The highest BCUT2D eigenvalue weighted by molar-refractivity contribution is 6.22. The van der Waals surface area contributed by atoms with Gasteiger partial charge in [-0.3, -0.25) is 0 Å². The quantitative estimate of drug-likeness (QED) is 0.327. The summed E-state index contributed by atoms with van der Waals surface area (Å²) in [6.45, 7) is 8.40. The second-order valence-electron chi connectivity index (χ2n) is 4.59. The van der Waals surface area contributed by atoms with E-state index in [-0.39, 0.29) is 5.38 Å². The van der Waals surface area contributed by atoms with Crippen molar-refractivity contribution in [1.82, 2.24) is 0 Å². The Morgan fingerprint density at radius 3 is 2.36 bits per heavy atom. The Labute approximate surface area is 139 Å². The lowest BCUT2D eigenvalue weighted by Gasteiger charge is -2.15. The first-order chi connectivity index (χ1) is 10.8. The van der Waals surface area contributed by atoms with Crippen molar-refractivity contribution in [2.45, 2.75) is 32.1 Å². The van der Waals surface area contributed by atoms with Crippen LogP contribution >= 0.6 is 11.6 Å². The summed E-state index contributed by atoms with van der Waals surface area (Å²) in [5, 5.41) is -0.188. The third kappa shape index (κ3) is 5.57. The monoisotopic (exact) mass is 316 g/mol. The van der Waals surface area contributed by atoms with Crippen LogP contribution in [0.15, 0.2) is 67.3 Å². The van der Waals surface area contributed by atoms with Crippen LogP contribution in [0.1, 0.15) is 43.2 Å². The molecule has 0 radical (unpaired) electrons. The van der Waals surface area contributed by atoms with E-state index in [1.807, 2.05) is 74.5 Å². The van der Waals surface area contributed by atoms with Crippen LogP contribution in [0.5, 0.6) is 5.75 Å². The summed E-state index contributed by atoms with van der Waals surface area (Å²) in [6.07, 6.45) is 3.84. The van der Waals surface area contributed by atoms with Gasteiger partial charge in [0.15, 0.2) is 0 Å². The highest BCUT2D eigenvalue weighted by atomic mass is 35.5. The second-order valence-corrected chi connectivity index (χ2v) is 5.03. The zero-order valence-electron chi connectivity index (χ0n) is 13.5. The molecular formula is C20H25ClO. The molecule has 2 aromatic rings. The van der Waals surface area contributed by atoms with Crippen molar-refractivity contribution in [1.29, 1.82) is 0 Å². The van der Waals surface area contributed by atoms with Gasteiger partial charge >= 0.3 is 0 Å². The van der Waals surface area contributed by atoms with Crippen LogP contribution in [0.25, 0.3) is 0 Å². The molecule has 0 fully saturated rings. The molecular weight excluding hydrogens is 292 g/mol. The molecule has 0 aliphatic heterocycles. The Morgan fingerprint density at radius 1 is 1.05 bits per heavy atom. The van der Waals surface area contributed by atoms with Crippen LogP contribution in [0.4, 0.5) is 0 Å². The average Bonchev–Trinajstić information content (AvgIpc) is 2.61. The Balaban J connectivity index is 0.00000116. The summed E-state index contributed by atoms with van der Waals surface area (Å²) in [7, 11) is 0. The van der Waals surface area contributed by atoms with Crippen LogP contribution < -0.4 is 4.74 Å². The molecule has 2 heteroatoms. The minimum absolute atomic E-state index is 0.188. The summed E-state index contributed by atoms with van der Waals surface area (Å²) in [4.78, 5) is 0. The summed E-state index contributed by atoms with van der Waals surface area (Å²) >= 11 is 6.58. The maximum absolute atomic E-state index is 6.58. The summed E-state index contributed by atoms with van der Waals surface area (Å²) in [5.74, 6) is 0.861. The Kier molecular flexibility index (Phi) is 9.09. The summed E-state index contributed by atoms with van der Waals surface area (Å²) < 4.78 is 5.85. The molecule has 1 nitrogen and oxygen atoms in total.